The Balaban J connectivity index is 2.16. The standard InChI is InChI=1S/C14H9F5N4O2/c1-6-5-9(14(17,18)19)21-12(20-6)23-13(25)22-11(24)10-7(15)3-2-4-8(10)16/h2-5H,1H3,(H2,20,21,22,23,24,25). The third-order valence-electron chi connectivity index (χ3n) is 2.79. The van der Waals surface area contributed by atoms with Crippen LogP contribution in [0.3, 0.4) is 0 Å². The van der Waals surface area contributed by atoms with Gasteiger partial charge in [-0.1, -0.05) is 6.07 Å². The van der Waals surface area contributed by atoms with E-state index in [1.807, 2.05) is 0 Å². The number of amides is 3. The van der Waals surface area contributed by atoms with E-state index in [0.29, 0.717) is 6.07 Å². The molecule has 0 radical (unpaired) electrons. The third-order valence-corrected chi connectivity index (χ3v) is 2.79. The van der Waals surface area contributed by atoms with E-state index in [1.54, 1.807) is 10.6 Å². The van der Waals surface area contributed by atoms with E-state index in [2.05, 4.69) is 9.97 Å². The monoisotopic (exact) mass is 360 g/mol. The second-order valence-corrected chi connectivity index (χ2v) is 4.72. The van der Waals surface area contributed by atoms with Gasteiger partial charge in [0.25, 0.3) is 5.91 Å². The van der Waals surface area contributed by atoms with Crippen molar-refractivity contribution in [3.63, 3.8) is 0 Å². The second-order valence-electron chi connectivity index (χ2n) is 4.72. The zero-order chi connectivity index (χ0) is 18.8. The Morgan fingerprint density at radius 1 is 1.08 bits per heavy atom. The molecule has 0 unspecified atom stereocenters. The van der Waals surface area contributed by atoms with E-state index in [-0.39, 0.29) is 5.69 Å². The van der Waals surface area contributed by atoms with Gasteiger partial charge in [0.05, 0.1) is 0 Å². The van der Waals surface area contributed by atoms with Crippen LogP contribution in [0.5, 0.6) is 0 Å². The van der Waals surface area contributed by atoms with Gasteiger partial charge in [-0.05, 0) is 25.1 Å². The minimum Gasteiger partial charge on any atom is -0.276 e. The van der Waals surface area contributed by atoms with Crippen LogP contribution in [-0.2, 0) is 6.18 Å². The number of aromatic nitrogens is 2. The maximum Gasteiger partial charge on any atom is 0.433 e. The number of carbonyl (C=O) groups is 2. The van der Waals surface area contributed by atoms with Crippen LogP contribution in [0.1, 0.15) is 21.7 Å². The van der Waals surface area contributed by atoms with Crippen LogP contribution < -0.4 is 10.6 Å². The number of rotatable bonds is 2. The van der Waals surface area contributed by atoms with Gasteiger partial charge in [0.15, 0.2) is 0 Å². The Hall–Kier alpha value is -3.11. The fourth-order valence-electron chi connectivity index (χ4n) is 1.78. The lowest BCUT2D eigenvalue weighted by molar-refractivity contribution is -0.141. The van der Waals surface area contributed by atoms with E-state index < -0.39 is 47.0 Å². The summed E-state index contributed by atoms with van der Waals surface area (Å²) < 4.78 is 64.8. The Morgan fingerprint density at radius 2 is 1.68 bits per heavy atom. The number of hydrogen-bond acceptors (Lipinski definition) is 4. The molecule has 0 saturated heterocycles. The summed E-state index contributed by atoms with van der Waals surface area (Å²) in [6.45, 7) is 1.24. The van der Waals surface area contributed by atoms with Crippen molar-refractivity contribution in [1.82, 2.24) is 15.3 Å². The fraction of sp³-hybridized carbons (Fsp3) is 0.143. The van der Waals surface area contributed by atoms with Crippen molar-refractivity contribution in [2.24, 2.45) is 0 Å². The largest absolute Gasteiger partial charge is 0.433 e. The van der Waals surface area contributed by atoms with Gasteiger partial charge in [0.1, 0.15) is 22.9 Å². The quantitative estimate of drug-likeness (QED) is 0.807. The molecule has 0 fully saturated rings. The van der Waals surface area contributed by atoms with Crippen molar-refractivity contribution in [1.29, 1.82) is 0 Å². The highest BCUT2D eigenvalue weighted by molar-refractivity contribution is 6.07. The molecule has 6 nitrogen and oxygen atoms in total. The molecule has 2 aromatic rings. The van der Waals surface area contributed by atoms with Crippen LogP contribution in [0.15, 0.2) is 24.3 Å². The van der Waals surface area contributed by atoms with Gasteiger partial charge < -0.3 is 0 Å². The molecule has 2 N–H and O–H groups in total. The topological polar surface area (TPSA) is 84.0 Å². The smallest absolute Gasteiger partial charge is 0.276 e. The van der Waals surface area contributed by atoms with Crippen molar-refractivity contribution in [3.05, 3.63) is 52.9 Å². The summed E-state index contributed by atoms with van der Waals surface area (Å²) in [6.07, 6.45) is -4.77. The lowest BCUT2D eigenvalue weighted by atomic mass is 10.2. The zero-order valence-corrected chi connectivity index (χ0v) is 12.4. The van der Waals surface area contributed by atoms with E-state index in [4.69, 9.17) is 0 Å². The molecule has 0 spiro atoms. The normalized spacial score (nSPS) is 11.1. The van der Waals surface area contributed by atoms with E-state index in [1.165, 1.54) is 6.92 Å². The van der Waals surface area contributed by atoms with Crippen LogP contribution in [0.25, 0.3) is 0 Å². The Labute approximate surface area is 137 Å². The summed E-state index contributed by atoms with van der Waals surface area (Å²) >= 11 is 0. The Bertz CT molecular complexity index is 818. The first-order valence-electron chi connectivity index (χ1n) is 6.57. The SMILES string of the molecule is Cc1cc(C(F)(F)F)nc(NC(=O)NC(=O)c2c(F)cccc2F)n1. The number of anilines is 1. The molecule has 0 aliphatic heterocycles. The first-order valence-corrected chi connectivity index (χ1v) is 6.57. The summed E-state index contributed by atoms with van der Waals surface area (Å²) in [5.74, 6) is -4.57. The van der Waals surface area contributed by atoms with Gasteiger partial charge in [0, 0.05) is 5.69 Å². The molecule has 0 atom stereocenters. The number of halogens is 5. The van der Waals surface area contributed by atoms with Crippen LogP contribution in [-0.4, -0.2) is 21.9 Å². The number of alkyl halides is 3. The maximum atomic E-state index is 13.4. The fourth-order valence-corrected chi connectivity index (χ4v) is 1.78. The summed E-state index contributed by atoms with van der Waals surface area (Å²) in [4.78, 5) is 30.0. The van der Waals surface area contributed by atoms with Crippen molar-refractivity contribution in [3.8, 4) is 0 Å². The number of nitrogens with one attached hydrogen (secondary N) is 2. The van der Waals surface area contributed by atoms with Crippen LogP contribution in [0.2, 0.25) is 0 Å². The number of nitrogens with zero attached hydrogens (tertiary/aromatic N) is 2. The molecular weight excluding hydrogens is 351 g/mol. The molecule has 3 amide bonds. The molecule has 1 aromatic heterocycles. The van der Waals surface area contributed by atoms with Gasteiger partial charge in [-0.15, -0.1) is 0 Å². The van der Waals surface area contributed by atoms with E-state index >= 15 is 0 Å². The number of carbonyl (C=O) groups excluding carboxylic acids is 2. The lowest BCUT2D eigenvalue weighted by Crippen LogP contribution is -2.36. The van der Waals surface area contributed by atoms with Crippen LogP contribution in [0, 0.1) is 18.6 Å². The molecule has 1 heterocycles. The van der Waals surface area contributed by atoms with Gasteiger partial charge >= 0.3 is 12.2 Å². The summed E-state index contributed by atoms with van der Waals surface area (Å²) in [5, 5.41) is 3.37. The summed E-state index contributed by atoms with van der Waals surface area (Å²) in [6, 6.07) is 1.92. The molecule has 11 heteroatoms. The minimum atomic E-state index is -4.77. The first-order chi connectivity index (χ1) is 11.6. The summed E-state index contributed by atoms with van der Waals surface area (Å²) in [7, 11) is 0. The molecule has 132 valence electrons. The van der Waals surface area contributed by atoms with E-state index in [0.717, 1.165) is 18.2 Å². The first kappa shape index (κ1) is 18.2. The Kier molecular flexibility index (Phi) is 4.95. The highest BCUT2D eigenvalue weighted by Gasteiger charge is 2.33. The molecule has 0 bridgehead atoms. The highest BCUT2D eigenvalue weighted by atomic mass is 19.4. The Morgan fingerprint density at radius 3 is 2.24 bits per heavy atom. The molecule has 0 saturated carbocycles. The average Bonchev–Trinajstić information content (AvgIpc) is 2.45. The minimum absolute atomic E-state index is 0.0934. The lowest BCUT2D eigenvalue weighted by Gasteiger charge is -2.10. The maximum absolute atomic E-state index is 13.4. The predicted octanol–water partition coefficient (Wildman–Crippen LogP) is 3.04. The van der Waals surface area contributed by atoms with Gasteiger partial charge in [-0.3, -0.25) is 15.4 Å². The summed E-state index contributed by atoms with van der Waals surface area (Å²) in [5.41, 5.74) is -2.41. The third kappa shape index (κ3) is 4.46. The number of imide groups is 1. The average molecular weight is 360 g/mol. The molecule has 0 aliphatic carbocycles. The molecule has 0 aliphatic rings. The molecule has 25 heavy (non-hydrogen) atoms. The molecule has 2 rings (SSSR count). The highest BCUT2D eigenvalue weighted by Crippen LogP contribution is 2.28. The van der Waals surface area contributed by atoms with E-state index in [9.17, 15) is 31.5 Å². The van der Waals surface area contributed by atoms with Crippen molar-refractivity contribution in [2.45, 2.75) is 13.1 Å². The number of benzene rings is 1. The number of aryl methyl sites for hydroxylation is 1. The van der Waals surface area contributed by atoms with Crippen molar-refractivity contribution >= 4 is 17.9 Å². The zero-order valence-electron chi connectivity index (χ0n) is 12.4. The van der Waals surface area contributed by atoms with Gasteiger partial charge in [-0.2, -0.15) is 13.2 Å². The number of urea groups is 1. The van der Waals surface area contributed by atoms with Gasteiger partial charge in [-0.25, -0.2) is 23.5 Å². The predicted molar refractivity (Wildman–Crippen MR) is 74.6 cm³/mol. The number of hydrogen-bond donors (Lipinski definition) is 2. The van der Waals surface area contributed by atoms with Crippen LogP contribution in [0.4, 0.5) is 32.7 Å². The second kappa shape index (κ2) is 6.79. The van der Waals surface area contributed by atoms with Crippen molar-refractivity contribution in [2.75, 3.05) is 5.32 Å². The van der Waals surface area contributed by atoms with Gasteiger partial charge in [0.2, 0.25) is 5.95 Å². The molecule has 1 aromatic carbocycles. The van der Waals surface area contributed by atoms with Crippen LogP contribution >= 0.6 is 0 Å². The molecular formula is C14H9F5N4O2. The van der Waals surface area contributed by atoms with Crippen molar-refractivity contribution < 1.29 is 31.5 Å².